The summed E-state index contributed by atoms with van der Waals surface area (Å²) >= 11 is 0. The first-order valence-corrected chi connectivity index (χ1v) is 9.38. The Morgan fingerprint density at radius 3 is 2.50 bits per heavy atom. The van der Waals surface area contributed by atoms with Gasteiger partial charge in [-0.1, -0.05) is 38.1 Å². The van der Waals surface area contributed by atoms with E-state index in [0.717, 1.165) is 54.8 Å². The third-order valence-corrected chi connectivity index (χ3v) is 4.82. The molecule has 0 saturated heterocycles. The smallest absolute Gasteiger partial charge is 0.143 e. The van der Waals surface area contributed by atoms with Crippen LogP contribution in [-0.2, 0) is 4.79 Å². The van der Waals surface area contributed by atoms with Gasteiger partial charge in [-0.2, -0.15) is 0 Å². The monoisotopic (exact) mass is 353 g/mol. The molecule has 3 nitrogen and oxygen atoms in total. The second-order valence-corrected chi connectivity index (χ2v) is 7.55. The number of ether oxygens (including phenoxy) is 1. The third-order valence-electron chi connectivity index (χ3n) is 4.82. The molecule has 1 aliphatic rings. The molecule has 0 amide bonds. The van der Waals surface area contributed by atoms with Crippen LogP contribution in [0.3, 0.4) is 0 Å². The van der Waals surface area contributed by atoms with Crippen molar-refractivity contribution in [3.05, 3.63) is 53.1 Å². The van der Waals surface area contributed by atoms with E-state index in [1.165, 1.54) is 5.57 Å². The lowest BCUT2D eigenvalue weighted by Crippen LogP contribution is -2.22. The topological polar surface area (TPSA) is 29.5 Å². The molecule has 0 aliphatic heterocycles. The molecule has 0 heterocycles. The number of nitrogens with zero attached hydrogens (tertiary/aromatic N) is 1. The maximum atomic E-state index is 10.8. The van der Waals surface area contributed by atoms with Gasteiger partial charge >= 0.3 is 0 Å². The molecule has 3 heteroatoms. The molecule has 0 fully saturated rings. The van der Waals surface area contributed by atoms with Gasteiger partial charge in [0, 0.05) is 13.1 Å². The molecule has 26 heavy (non-hydrogen) atoms. The van der Waals surface area contributed by atoms with Gasteiger partial charge in [0.1, 0.15) is 12.0 Å². The normalized spacial score (nSPS) is 18.0. The van der Waals surface area contributed by atoms with Crippen LogP contribution in [0.25, 0.3) is 6.08 Å². The number of allylic oxidation sites excluding steroid dienone is 5. The molecule has 0 N–H and O–H groups in total. The van der Waals surface area contributed by atoms with Crippen molar-refractivity contribution in [3.63, 3.8) is 0 Å². The number of methoxy groups -OCH3 is 1. The molecular formula is C23H31NO2. The van der Waals surface area contributed by atoms with E-state index >= 15 is 0 Å². The van der Waals surface area contributed by atoms with E-state index in [1.54, 1.807) is 13.2 Å². The number of hydrogen-bond donors (Lipinski definition) is 0. The van der Waals surface area contributed by atoms with Gasteiger partial charge in [0.15, 0.2) is 0 Å². The Kier molecular flexibility index (Phi) is 6.84. The minimum atomic E-state index is 0.174. The molecule has 2 rings (SSSR count). The molecular weight excluding hydrogens is 322 g/mol. The fraction of sp³-hybridized carbons (Fsp3) is 0.435. The highest BCUT2D eigenvalue weighted by atomic mass is 16.5. The van der Waals surface area contributed by atoms with Crippen molar-refractivity contribution >= 4 is 18.0 Å². The zero-order chi connectivity index (χ0) is 19.2. The molecule has 0 unspecified atom stereocenters. The van der Waals surface area contributed by atoms with Crippen LogP contribution in [0.4, 0.5) is 5.69 Å². The predicted octanol–water partition coefficient (Wildman–Crippen LogP) is 5.43. The Labute approximate surface area is 158 Å². The van der Waals surface area contributed by atoms with Crippen LogP contribution in [0.15, 0.2) is 47.6 Å². The first-order valence-electron chi connectivity index (χ1n) is 9.38. The summed E-state index contributed by atoms with van der Waals surface area (Å²) in [5.74, 6) is 0.898. The quantitative estimate of drug-likeness (QED) is 0.484. The summed E-state index contributed by atoms with van der Waals surface area (Å²) in [4.78, 5) is 13.1. The van der Waals surface area contributed by atoms with Crippen LogP contribution in [0.2, 0.25) is 0 Å². The highest BCUT2D eigenvalue weighted by Gasteiger charge is 2.24. The largest absolute Gasteiger partial charge is 0.495 e. The first kappa shape index (κ1) is 20.0. The molecule has 1 aliphatic carbocycles. The van der Waals surface area contributed by atoms with Crippen molar-refractivity contribution in [2.45, 2.75) is 40.5 Å². The zero-order valence-electron chi connectivity index (χ0n) is 16.7. The molecule has 0 spiro atoms. The summed E-state index contributed by atoms with van der Waals surface area (Å²) < 4.78 is 5.61. The lowest BCUT2D eigenvalue weighted by Gasteiger charge is -2.30. The van der Waals surface area contributed by atoms with Crippen LogP contribution in [0, 0.1) is 5.41 Å². The van der Waals surface area contributed by atoms with E-state index in [-0.39, 0.29) is 5.41 Å². The molecule has 0 bridgehead atoms. The van der Waals surface area contributed by atoms with Gasteiger partial charge in [0.05, 0.1) is 12.8 Å². The van der Waals surface area contributed by atoms with E-state index in [1.807, 2.05) is 0 Å². The highest BCUT2D eigenvalue weighted by molar-refractivity contribution is 5.68. The van der Waals surface area contributed by atoms with Crippen molar-refractivity contribution in [2.24, 2.45) is 5.41 Å². The van der Waals surface area contributed by atoms with Crippen LogP contribution >= 0.6 is 0 Å². The van der Waals surface area contributed by atoms with Gasteiger partial charge in [-0.05, 0) is 67.0 Å². The number of carbonyl (C=O) groups is 1. The zero-order valence-corrected chi connectivity index (χ0v) is 16.7. The fourth-order valence-corrected chi connectivity index (χ4v) is 3.64. The Balaban J connectivity index is 2.27. The SMILES string of the molecule is CCN(CC)c1ccc(C=CC2=CC(=CC=O)CC(C)(C)C2)cc1OC. The van der Waals surface area contributed by atoms with Crippen molar-refractivity contribution in [3.8, 4) is 5.75 Å². The molecule has 0 radical (unpaired) electrons. The summed E-state index contributed by atoms with van der Waals surface area (Å²) in [6.45, 7) is 10.7. The maximum absolute atomic E-state index is 10.8. The van der Waals surface area contributed by atoms with Crippen molar-refractivity contribution in [2.75, 3.05) is 25.1 Å². The van der Waals surface area contributed by atoms with E-state index < -0.39 is 0 Å². The Bertz CT molecular complexity index is 722. The van der Waals surface area contributed by atoms with E-state index in [4.69, 9.17) is 4.74 Å². The van der Waals surface area contributed by atoms with Crippen LogP contribution < -0.4 is 9.64 Å². The molecule has 0 atom stereocenters. The average Bonchev–Trinajstić information content (AvgIpc) is 2.60. The second-order valence-electron chi connectivity index (χ2n) is 7.55. The molecule has 140 valence electrons. The standard InChI is InChI=1S/C23H31NO2/c1-6-24(7-2)21-11-10-18(15-22(21)26-5)8-9-19-14-20(12-13-25)17-23(3,4)16-19/h8-15H,6-7,16-17H2,1-5H3. The van der Waals surface area contributed by atoms with Crippen LogP contribution in [0.5, 0.6) is 5.75 Å². The van der Waals surface area contributed by atoms with Crippen molar-refractivity contribution in [1.29, 1.82) is 0 Å². The van der Waals surface area contributed by atoms with Gasteiger partial charge < -0.3 is 9.64 Å². The second kappa shape index (κ2) is 8.88. The summed E-state index contributed by atoms with van der Waals surface area (Å²) in [6.07, 6.45) is 10.9. The highest BCUT2D eigenvalue weighted by Crippen LogP contribution is 2.38. The van der Waals surface area contributed by atoms with Crippen molar-refractivity contribution < 1.29 is 9.53 Å². The molecule has 1 aromatic carbocycles. The summed E-state index contributed by atoms with van der Waals surface area (Å²) in [5, 5.41) is 0. The molecule has 0 aromatic heterocycles. The number of benzene rings is 1. The Morgan fingerprint density at radius 2 is 1.88 bits per heavy atom. The number of carbonyl (C=O) groups excluding carboxylic acids is 1. The van der Waals surface area contributed by atoms with Crippen LogP contribution in [-0.4, -0.2) is 26.5 Å². The van der Waals surface area contributed by atoms with E-state index in [0.29, 0.717) is 0 Å². The summed E-state index contributed by atoms with van der Waals surface area (Å²) in [5.41, 5.74) is 4.77. The minimum Gasteiger partial charge on any atom is -0.495 e. The Morgan fingerprint density at radius 1 is 1.15 bits per heavy atom. The number of hydrogen-bond acceptors (Lipinski definition) is 3. The van der Waals surface area contributed by atoms with Crippen molar-refractivity contribution in [1.82, 2.24) is 0 Å². The fourth-order valence-electron chi connectivity index (χ4n) is 3.64. The predicted molar refractivity (Wildman–Crippen MR) is 111 cm³/mol. The summed E-state index contributed by atoms with van der Waals surface area (Å²) in [6, 6.07) is 6.34. The van der Waals surface area contributed by atoms with Crippen LogP contribution in [0.1, 0.15) is 46.1 Å². The lowest BCUT2D eigenvalue weighted by atomic mass is 9.75. The minimum absolute atomic E-state index is 0.174. The summed E-state index contributed by atoms with van der Waals surface area (Å²) in [7, 11) is 1.72. The maximum Gasteiger partial charge on any atom is 0.143 e. The van der Waals surface area contributed by atoms with Gasteiger partial charge in [0.25, 0.3) is 0 Å². The first-order chi connectivity index (χ1) is 12.4. The number of anilines is 1. The van der Waals surface area contributed by atoms with E-state index in [2.05, 4.69) is 69.0 Å². The van der Waals surface area contributed by atoms with Gasteiger partial charge in [0.2, 0.25) is 0 Å². The molecule has 1 aromatic rings. The Hall–Kier alpha value is -2.29. The average molecular weight is 354 g/mol. The van der Waals surface area contributed by atoms with Gasteiger partial charge in [-0.3, -0.25) is 4.79 Å². The number of aldehydes is 1. The van der Waals surface area contributed by atoms with E-state index in [9.17, 15) is 4.79 Å². The number of rotatable bonds is 7. The third kappa shape index (κ3) is 5.10. The van der Waals surface area contributed by atoms with Gasteiger partial charge in [-0.25, -0.2) is 0 Å². The molecule has 0 saturated carbocycles. The lowest BCUT2D eigenvalue weighted by molar-refractivity contribution is -0.104. The van der Waals surface area contributed by atoms with Gasteiger partial charge in [-0.15, -0.1) is 0 Å².